The zero-order chi connectivity index (χ0) is 20.8. The Morgan fingerprint density at radius 3 is 2.28 bits per heavy atom. The van der Waals surface area contributed by atoms with Gasteiger partial charge in [0.05, 0.1) is 7.11 Å². The van der Waals surface area contributed by atoms with E-state index in [4.69, 9.17) is 17.0 Å². The number of benzene rings is 2. The van der Waals surface area contributed by atoms with E-state index in [-0.39, 0.29) is 18.5 Å². The SMILES string of the molecule is CNC(=O)Nc1ccc(NC(=O)Cn2c(-c3ccc(OC)cc3)n[nH]c2=S)cc1. The first-order chi connectivity index (χ1) is 14.0. The topological polar surface area (TPSA) is 113 Å². The summed E-state index contributed by atoms with van der Waals surface area (Å²) in [6.45, 7) is -0.00502. The van der Waals surface area contributed by atoms with Crippen LogP contribution in [0.5, 0.6) is 5.75 Å². The summed E-state index contributed by atoms with van der Waals surface area (Å²) in [5.41, 5.74) is 2.01. The van der Waals surface area contributed by atoms with Gasteiger partial charge in [0.1, 0.15) is 12.3 Å². The highest BCUT2D eigenvalue weighted by Gasteiger charge is 2.13. The van der Waals surface area contributed by atoms with Crippen LogP contribution in [0.25, 0.3) is 11.4 Å². The van der Waals surface area contributed by atoms with E-state index >= 15 is 0 Å². The number of aromatic nitrogens is 3. The largest absolute Gasteiger partial charge is 0.497 e. The Balaban J connectivity index is 1.70. The standard InChI is InChI=1S/C19H20N6O3S/c1-20-18(27)22-14-7-5-13(6-8-14)21-16(26)11-25-17(23-24-19(25)29)12-3-9-15(28-2)10-4-12/h3-10H,11H2,1-2H3,(H,21,26)(H,24,29)(H2,20,22,27). The number of H-pyrrole nitrogens is 1. The maximum absolute atomic E-state index is 12.5. The predicted octanol–water partition coefficient (Wildman–Crippen LogP) is 3.01. The Labute approximate surface area is 172 Å². The lowest BCUT2D eigenvalue weighted by Crippen LogP contribution is -2.24. The second-order valence-electron chi connectivity index (χ2n) is 6.00. The third kappa shape index (κ3) is 4.99. The Morgan fingerprint density at radius 1 is 1.07 bits per heavy atom. The molecule has 2 aromatic carbocycles. The van der Waals surface area contributed by atoms with Gasteiger partial charge in [-0.3, -0.25) is 14.5 Å². The third-order valence-electron chi connectivity index (χ3n) is 4.06. The Morgan fingerprint density at radius 2 is 1.69 bits per heavy atom. The average molecular weight is 412 g/mol. The van der Waals surface area contributed by atoms with Crippen molar-refractivity contribution in [1.82, 2.24) is 20.1 Å². The van der Waals surface area contributed by atoms with E-state index in [1.807, 2.05) is 24.3 Å². The molecular formula is C19H20N6O3S. The van der Waals surface area contributed by atoms with Crippen molar-refractivity contribution in [2.24, 2.45) is 0 Å². The number of rotatable bonds is 6. The van der Waals surface area contributed by atoms with Gasteiger partial charge in [-0.1, -0.05) is 0 Å². The summed E-state index contributed by atoms with van der Waals surface area (Å²) in [6, 6.07) is 13.8. The van der Waals surface area contributed by atoms with Gasteiger partial charge in [0, 0.05) is 24.0 Å². The van der Waals surface area contributed by atoms with Gasteiger partial charge >= 0.3 is 6.03 Å². The predicted molar refractivity (Wildman–Crippen MR) is 113 cm³/mol. The van der Waals surface area contributed by atoms with E-state index in [0.29, 0.717) is 22.0 Å². The van der Waals surface area contributed by atoms with Crippen molar-refractivity contribution in [3.05, 3.63) is 53.3 Å². The van der Waals surface area contributed by atoms with Crippen LogP contribution in [0, 0.1) is 4.77 Å². The van der Waals surface area contributed by atoms with Crippen LogP contribution in [0.1, 0.15) is 0 Å². The van der Waals surface area contributed by atoms with Crippen molar-refractivity contribution in [3.63, 3.8) is 0 Å². The number of nitrogens with zero attached hydrogens (tertiary/aromatic N) is 2. The lowest BCUT2D eigenvalue weighted by Gasteiger charge is -2.10. The van der Waals surface area contributed by atoms with Crippen LogP contribution < -0.4 is 20.7 Å². The number of hydrogen-bond donors (Lipinski definition) is 4. The molecule has 4 N–H and O–H groups in total. The van der Waals surface area contributed by atoms with Gasteiger partial charge < -0.3 is 20.7 Å². The number of urea groups is 1. The highest BCUT2D eigenvalue weighted by Crippen LogP contribution is 2.21. The Bertz CT molecular complexity index is 1060. The van der Waals surface area contributed by atoms with Gasteiger partial charge in [-0.15, -0.1) is 0 Å². The molecule has 3 rings (SSSR count). The fourth-order valence-electron chi connectivity index (χ4n) is 2.60. The van der Waals surface area contributed by atoms with Crippen molar-refractivity contribution in [3.8, 4) is 17.1 Å². The smallest absolute Gasteiger partial charge is 0.318 e. The van der Waals surface area contributed by atoms with Crippen LogP contribution in [0.3, 0.4) is 0 Å². The summed E-state index contributed by atoms with van der Waals surface area (Å²) in [6.07, 6.45) is 0. The van der Waals surface area contributed by atoms with E-state index in [2.05, 4.69) is 26.1 Å². The molecule has 3 amide bonds. The van der Waals surface area contributed by atoms with Gasteiger partial charge in [-0.25, -0.2) is 4.79 Å². The monoisotopic (exact) mass is 412 g/mol. The van der Waals surface area contributed by atoms with E-state index in [1.54, 1.807) is 35.9 Å². The van der Waals surface area contributed by atoms with Crippen LogP contribution in [0.2, 0.25) is 0 Å². The first kappa shape index (κ1) is 20.1. The molecule has 1 aromatic heterocycles. The molecule has 0 atom stereocenters. The maximum atomic E-state index is 12.5. The Kier molecular flexibility index (Phi) is 6.25. The molecule has 0 radical (unpaired) electrons. The van der Waals surface area contributed by atoms with Gasteiger partial charge in [-0.2, -0.15) is 5.10 Å². The summed E-state index contributed by atoms with van der Waals surface area (Å²) in [5, 5.41) is 14.9. The molecule has 0 aliphatic heterocycles. The van der Waals surface area contributed by atoms with Crippen LogP contribution in [0.4, 0.5) is 16.2 Å². The van der Waals surface area contributed by atoms with Gasteiger partial charge in [0.25, 0.3) is 0 Å². The summed E-state index contributed by atoms with van der Waals surface area (Å²) in [7, 11) is 3.13. The first-order valence-electron chi connectivity index (χ1n) is 8.68. The number of carbonyl (C=O) groups excluding carboxylic acids is 2. The molecule has 10 heteroatoms. The van der Waals surface area contributed by atoms with Crippen molar-refractivity contribution in [2.75, 3.05) is 24.8 Å². The lowest BCUT2D eigenvalue weighted by molar-refractivity contribution is -0.116. The van der Waals surface area contributed by atoms with Crippen molar-refractivity contribution in [2.45, 2.75) is 6.54 Å². The zero-order valence-electron chi connectivity index (χ0n) is 15.9. The minimum Gasteiger partial charge on any atom is -0.497 e. The lowest BCUT2D eigenvalue weighted by atomic mass is 10.2. The van der Waals surface area contributed by atoms with Crippen LogP contribution in [-0.2, 0) is 11.3 Å². The molecule has 0 fully saturated rings. The molecule has 1 heterocycles. The molecule has 0 aliphatic carbocycles. The van der Waals surface area contributed by atoms with Crippen LogP contribution >= 0.6 is 12.2 Å². The van der Waals surface area contributed by atoms with Gasteiger partial charge in [-0.05, 0) is 60.7 Å². The summed E-state index contributed by atoms with van der Waals surface area (Å²) >= 11 is 5.27. The van der Waals surface area contributed by atoms with Crippen LogP contribution in [0.15, 0.2) is 48.5 Å². The highest BCUT2D eigenvalue weighted by atomic mass is 32.1. The van der Waals surface area contributed by atoms with Crippen molar-refractivity contribution >= 4 is 35.5 Å². The Hall–Kier alpha value is -3.66. The van der Waals surface area contributed by atoms with E-state index in [1.165, 1.54) is 7.05 Å². The fourth-order valence-corrected chi connectivity index (χ4v) is 2.80. The number of carbonyl (C=O) groups is 2. The number of ether oxygens (including phenoxy) is 1. The second kappa shape index (κ2) is 9.02. The molecule has 0 aliphatic rings. The average Bonchev–Trinajstić information content (AvgIpc) is 3.09. The number of hydrogen-bond acceptors (Lipinski definition) is 5. The molecule has 9 nitrogen and oxygen atoms in total. The summed E-state index contributed by atoms with van der Waals surface area (Å²) in [4.78, 5) is 23.8. The van der Waals surface area contributed by atoms with Crippen LogP contribution in [-0.4, -0.2) is 40.9 Å². The second-order valence-corrected chi connectivity index (χ2v) is 6.38. The zero-order valence-corrected chi connectivity index (χ0v) is 16.7. The fraction of sp³-hybridized carbons (Fsp3) is 0.158. The molecule has 0 spiro atoms. The highest BCUT2D eigenvalue weighted by molar-refractivity contribution is 7.71. The summed E-state index contributed by atoms with van der Waals surface area (Å²) < 4.78 is 7.12. The number of nitrogens with one attached hydrogen (secondary N) is 4. The van der Waals surface area contributed by atoms with E-state index in [9.17, 15) is 9.59 Å². The number of anilines is 2. The number of amides is 3. The number of aromatic amines is 1. The first-order valence-corrected chi connectivity index (χ1v) is 9.09. The van der Waals surface area contributed by atoms with E-state index < -0.39 is 0 Å². The molecule has 0 unspecified atom stereocenters. The van der Waals surface area contributed by atoms with Crippen molar-refractivity contribution < 1.29 is 14.3 Å². The molecular weight excluding hydrogens is 392 g/mol. The minimum atomic E-state index is -0.317. The van der Waals surface area contributed by atoms with E-state index in [0.717, 1.165) is 11.3 Å². The van der Waals surface area contributed by atoms with Crippen molar-refractivity contribution in [1.29, 1.82) is 0 Å². The quantitative estimate of drug-likeness (QED) is 0.465. The normalized spacial score (nSPS) is 10.3. The molecule has 0 bridgehead atoms. The molecule has 0 saturated heterocycles. The number of methoxy groups -OCH3 is 1. The molecule has 29 heavy (non-hydrogen) atoms. The molecule has 0 saturated carbocycles. The van der Waals surface area contributed by atoms with Gasteiger partial charge in [0.2, 0.25) is 5.91 Å². The van der Waals surface area contributed by atoms with Gasteiger partial charge in [0.15, 0.2) is 10.6 Å². The molecule has 150 valence electrons. The summed E-state index contributed by atoms with van der Waals surface area (Å²) in [5.74, 6) is 1.02. The third-order valence-corrected chi connectivity index (χ3v) is 4.37. The maximum Gasteiger partial charge on any atom is 0.318 e. The minimum absolute atomic E-state index is 0.00502. The molecule has 3 aromatic rings.